The summed E-state index contributed by atoms with van der Waals surface area (Å²) < 4.78 is 16.5. The third kappa shape index (κ3) is 6.02. The molecule has 0 aliphatic carbocycles. The van der Waals surface area contributed by atoms with Gasteiger partial charge in [0.2, 0.25) is 0 Å². The molecular weight excluding hydrogens is 390 g/mol. The number of rotatable bonds is 7. The molecule has 1 aliphatic rings. The highest BCUT2D eigenvalue weighted by Gasteiger charge is 2.24. The molecule has 1 aliphatic heterocycles. The van der Waals surface area contributed by atoms with Crippen LogP contribution in [0, 0.1) is 0 Å². The summed E-state index contributed by atoms with van der Waals surface area (Å²) in [6, 6.07) is 15.2. The Bertz CT molecular complexity index is 881. The highest BCUT2D eigenvalue weighted by atomic mass is 32.2. The lowest BCUT2D eigenvalue weighted by molar-refractivity contribution is -0.148. The highest BCUT2D eigenvalue weighted by Crippen LogP contribution is 2.30. The topological polar surface area (TPSA) is 65.1 Å². The molecule has 1 atom stereocenters. The van der Waals surface area contributed by atoms with Gasteiger partial charge in [-0.15, -0.1) is 11.8 Å². The number of hydrogen-bond acceptors (Lipinski definition) is 6. The molecular formula is C22H23NO5S. The van der Waals surface area contributed by atoms with Crippen LogP contribution in [-0.4, -0.2) is 55.9 Å². The summed E-state index contributed by atoms with van der Waals surface area (Å²) in [6.07, 6.45) is 4.70. The smallest absolute Gasteiger partial charge is 0.331 e. The van der Waals surface area contributed by atoms with E-state index in [1.165, 1.54) is 11.0 Å². The Morgan fingerprint density at radius 2 is 1.90 bits per heavy atom. The van der Waals surface area contributed by atoms with E-state index >= 15 is 0 Å². The van der Waals surface area contributed by atoms with Crippen LogP contribution < -0.4 is 9.47 Å². The Labute approximate surface area is 174 Å². The van der Waals surface area contributed by atoms with Gasteiger partial charge in [-0.1, -0.05) is 24.3 Å². The van der Waals surface area contributed by atoms with E-state index in [1.54, 1.807) is 24.9 Å². The highest BCUT2D eigenvalue weighted by molar-refractivity contribution is 7.98. The molecule has 0 N–H and O–H groups in total. The van der Waals surface area contributed by atoms with Crippen molar-refractivity contribution in [3.63, 3.8) is 0 Å². The summed E-state index contributed by atoms with van der Waals surface area (Å²) in [5.41, 5.74) is 0.887. The number of carbonyl (C=O) groups excluding carboxylic acids is 2. The van der Waals surface area contributed by atoms with Crippen LogP contribution in [0.5, 0.6) is 11.5 Å². The van der Waals surface area contributed by atoms with E-state index < -0.39 is 5.97 Å². The number of likely N-dealkylation sites (N-methyl/N-ethyl adjacent to an activating group) is 1. The summed E-state index contributed by atoms with van der Waals surface area (Å²) >= 11 is 1.65. The number of para-hydroxylation sites is 2. The zero-order chi connectivity index (χ0) is 20.6. The van der Waals surface area contributed by atoms with Crippen molar-refractivity contribution < 1.29 is 23.8 Å². The molecule has 29 heavy (non-hydrogen) atoms. The minimum atomic E-state index is -0.563. The standard InChI is InChI=1S/C22H23NO5S/c1-23(13-17-14-26-19-5-3-4-6-20(19)28-17)21(24)15-27-22(25)12-9-16-7-10-18(29-2)11-8-16/h3-12,17H,13-15H2,1-2H3/b12-9+/t17-/m0/s1. The largest absolute Gasteiger partial charge is 0.486 e. The predicted molar refractivity (Wildman–Crippen MR) is 112 cm³/mol. The van der Waals surface area contributed by atoms with Crippen molar-refractivity contribution in [2.24, 2.45) is 0 Å². The number of thioether (sulfide) groups is 1. The minimum Gasteiger partial charge on any atom is -0.486 e. The minimum absolute atomic E-state index is 0.279. The number of esters is 1. The van der Waals surface area contributed by atoms with Crippen LogP contribution in [0.25, 0.3) is 6.08 Å². The van der Waals surface area contributed by atoms with Crippen LogP contribution in [0.2, 0.25) is 0 Å². The average Bonchev–Trinajstić information content (AvgIpc) is 2.76. The number of nitrogens with zero attached hydrogens (tertiary/aromatic N) is 1. The van der Waals surface area contributed by atoms with Crippen molar-refractivity contribution in [3.8, 4) is 11.5 Å². The first-order chi connectivity index (χ1) is 14.0. The first kappa shape index (κ1) is 20.8. The van der Waals surface area contributed by atoms with Crippen molar-refractivity contribution in [1.82, 2.24) is 4.90 Å². The fourth-order valence-electron chi connectivity index (χ4n) is 2.73. The van der Waals surface area contributed by atoms with E-state index in [2.05, 4.69) is 0 Å². The molecule has 2 aromatic rings. The molecule has 0 saturated heterocycles. The van der Waals surface area contributed by atoms with Gasteiger partial charge in [-0.05, 0) is 42.2 Å². The van der Waals surface area contributed by atoms with Gasteiger partial charge in [-0.2, -0.15) is 0 Å². The maximum atomic E-state index is 12.2. The molecule has 0 saturated carbocycles. The van der Waals surface area contributed by atoms with Crippen molar-refractivity contribution in [3.05, 3.63) is 60.2 Å². The van der Waals surface area contributed by atoms with Gasteiger partial charge >= 0.3 is 5.97 Å². The Morgan fingerprint density at radius 1 is 1.17 bits per heavy atom. The quantitative estimate of drug-likeness (QED) is 0.394. The van der Waals surface area contributed by atoms with Crippen molar-refractivity contribution in [2.45, 2.75) is 11.0 Å². The van der Waals surface area contributed by atoms with Crippen molar-refractivity contribution >= 4 is 29.7 Å². The molecule has 0 fully saturated rings. The van der Waals surface area contributed by atoms with Crippen LogP contribution in [0.3, 0.4) is 0 Å². The summed E-state index contributed by atoms with van der Waals surface area (Å²) in [6.45, 7) is 0.365. The predicted octanol–water partition coefficient (Wildman–Crippen LogP) is 3.26. The normalized spacial score (nSPS) is 15.2. The lowest BCUT2D eigenvalue weighted by atomic mass is 10.2. The molecule has 7 heteroatoms. The second kappa shape index (κ2) is 10.0. The molecule has 152 valence electrons. The molecule has 0 bridgehead atoms. The second-order valence-corrected chi connectivity index (χ2v) is 7.37. The number of amides is 1. The van der Waals surface area contributed by atoms with E-state index in [0.29, 0.717) is 24.7 Å². The third-order valence-corrected chi connectivity index (χ3v) is 5.08. The molecule has 0 unspecified atom stereocenters. The molecule has 2 aromatic carbocycles. The molecule has 0 spiro atoms. The first-order valence-corrected chi connectivity index (χ1v) is 10.4. The van der Waals surface area contributed by atoms with E-state index in [1.807, 2.05) is 54.8 Å². The molecule has 1 heterocycles. The van der Waals surface area contributed by atoms with Crippen LogP contribution in [0.15, 0.2) is 59.5 Å². The van der Waals surface area contributed by atoms with Gasteiger partial charge in [0.15, 0.2) is 24.2 Å². The van der Waals surface area contributed by atoms with Crippen LogP contribution in [-0.2, 0) is 14.3 Å². The third-order valence-electron chi connectivity index (χ3n) is 4.34. The molecule has 3 rings (SSSR count). The summed E-state index contributed by atoms with van der Waals surface area (Å²) in [5.74, 6) is 0.485. The summed E-state index contributed by atoms with van der Waals surface area (Å²) in [7, 11) is 1.64. The van der Waals surface area contributed by atoms with Gasteiger partial charge in [0.05, 0.1) is 6.54 Å². The van der Waals surface area contributed by atoms with Gasteiger partial charge in [0.25, 0.3) is 5.91 Å². The average molecular weight is 413 g/mol. The fraction of sp³-hybridized carbons (Fsp3) is 0.273. The lowest BCUT2D eigenvalue weighted by Crippen LogP contribution is -2.43. The van der Waals surface area contributed by atoms with Crippen molar-refractivity contribution in [2.75, 3.05) is 33.1 Å². The van der Waals surface area contributed by atoms with Crippen LogP contribution >= 0.6 is 11.8 Å². The van der Waals surface area contributed by atoms with E-state index in [4.69, 9.17) is 14.2 Å². The zero-order valence-corrected chi connectivity index (χ0v) is 17.2. The number of hydrogen-bond donors (Lipinski definition) is 0. The van der Waals surface area contributed by atoms with Gasteiger partial charge in [0.1, 0.15) is 6.61 Å². The van der Waals surface area contributed by atoms with Crippen molar-refractivity contribution in [1.29, 1.82) is 0 Å². The monoisotopic (exact) mass is 413 g/mol. The first-order valence-electron chi connectivity index (χ1n) is 9.16. The van der Waals surface area contributed by atoms with Gasteiger partial charge in [-0.3, -0.25) is 4.79 Å². The zero-order valence-electron chi connectivity index (χ0n) is 16.4. The number of carbonyl (C=O) groups is 2. The Hall–Kier alpha value is -2.93. The van der Waals surface area contributed by atoms with Crippen LogP contribution in [0.1, 0.15) is 5.56 Å². The molecule has 1 amide bonds. The lowest BCUT2D eigenvalue weighted by Gasteiger charge is -2.29. The fourth-order valence-corrected chi connectivity index (χ4v) is 3.14. The van der Waals surface area contributed by atoms with E-state index in [0.717, 1.165) is 10.5 Å². The summed E-state index contributed by atoms with van der Waals surface area (Å²) in [4.78, 5) is 26.7. The maximum absolute atomic E-state index is 12.2. The Morgan fingerprint density at radius 3 is 2.62 bits per heavy atom. The Balaban J connectivity index is 1.42. The van der Waals surface area contributed by atoms with Gasteiger partial charge in [-0.25, -0.2) is 4.79 Å². The molecule has 6 nitrogen and oxygen atoms in total. The summed E-state index contributed by atoms with van der Waals surface area (Å²) in [5, 5.41) is 0. The number of benzene rings is 2. The maximum Gasteiger partial charge on any atom is 0.331 e. The van der Waals surface area contributed by atoms with Crippen LogP contribution in [0.4, 0.5) is 0 Å². The SMILES string of the molecule is CSc1ccc(/C=C/C(=O)OCC(=O)N(C)C[C@H]2COc3ccccc3O2)cc1. The van der Waals surface area contributed by atoms with Gasteiger partial charge in [0, 0.05) is 18.0 Å². The molecule has 0 radical (unpaired) electrons. The number of ether oxygens (including phenoxy) is 3. The second-order valence-electron chi connectivity index (χ2n) is 6.49. The Kier molecular flexibility index (Phi) is 7.19. The molecule has 0 aromatic heterocycles. The van der Waals surface area contributed by atoms with E-state index in [-0.39, 0.29) is 18.6 Å². The van der Waals surface area contributed by atoms with E-state index in [9.17, 15) is 9.59 Å². The number of fused-ring (bicyclic) bond motifs is 1. The van der Waals surface area contributed by atoms with Gasteiger partial charge < -0.3 is 19.1 Å².